The zero-order valence-corrected chi connectivity index (χ0v) is 10.9. The van der Waals surface area contributed by atoms with Crippen LogP contribution >= 0.6 is 0 Å². The minimum Gasteiger partial charge on any atom is -0.362 e. The van der Waals surface area contributed by atoms with E-state index in [0.29, 0.717) is 0 Å². The van der Waals surface area contributed by atoms with E-state index in [1.807, 2.05) is 55.4 Å². The van der Waals surface area contributed by atoms with Crippen LogP contribution in [-0.4, -0.2) is 29.0 Å². The summed E-state index contributed by atoms with van der Waals surface area (Å²) in [5, 5.41) is 0. The predicted octanol–water partition coefficient (Wildman–Crippen LogP) is 2.76. The molecular formula is C15H14N4. The van der Waals surface area contributed by atoms with Gasteiger partial charge in [-0.25, -0.2) is 9.97 Å². The molecule has 1 aromatic carbocycles. The number of anilines is 1. The van der Waals surface area contributed by atoms with Crippen LogP contribution in [0, 0.1) is 0 Å². The van der Waals surface area contributed by atoms with E-state index >= 15 is 0 Å². The molecule has 0 radical (unpaired) electrons. The molecule has 0 N–H and O–H groups in total. The second-order valence-corrected chi connectivity index (χ2v) is 4.51. The highest BCUT2D eigenvalue weighted by atomic mass is 15.1. The van der Waals surface area contributed by atoms with Crippen molar-refractivity contribution in [3.8, 4) is 11.3 Å². The lowest BCUT2D eigenvalue weighted by atomic mass is 10.2. The zero-order chi connectivity index (χ0) is 13.2. The summed E-state index contributed by atoms with van der Waals surface area (Å²) in [5.74, 6) is 0.895. The van der Waals surface area contributed by atoms with Gasteiger partial charge in [-0.2, -0.15) is 0 Å². The molecule has 0 spiro atoms. The standard InChI is InChI=1S/C15H14N4/c1-19(2)15-11(6-5-9-16-15)14-10-17-12-7-3-4-8-13(12)18-14/h3-10H,1-2H3. The van der Waals surface area contributed by atoms with Crippen molar-refractivity contribution in [1.29, 1.82) is 0 Å². The molecule has 0 aliphatic heterocycles. The van der Waals surface area contributed by atoms with Crippen molar-refractivity contribution in [2.45, 2.75) is 0 Å². The van der Waals surface area contributed by atoms with Gasteiger partial charge in [0, 0.05) is 25.9 Å². The summed E-state index contributed by atoms with van der Waals surface area (Å²) in [5.41, 5.74) is 3.64. The average molecular weight is 250 g/mol. The Morgan fingerprint density at radius 1 is 0.895 bits per heavy atom. The van der Waals surface area contributed by atoms with Crippen molar-refractivity contribution in [3.05, 3.63) is 48.8 Å². The fraction of sp³-hybridized carbons (Fsp3) is 0.133. The summed E-state index contributed by atoms with van der Waals surface area (Å²) < 4.78 is 0. The maximum Gasteiger partial charge on any atom is 0.137 e. The Morgan fingerprint density at radius 3 is 2.47 bits per heavy atom. The Kier molecular flexibility index (Phi) is 2.83. The molecule has 0 bridgehead atoms. The van der Waals surface area contributed by atoms with E-state index in [-0.39, 0.29) is 0 Å². The van der Waals surface area contributed by atoms with Crippen LogP contribution in [0.1, 0.15) is 0 Å². The first-order valence-corrected chi connectivity index (χ1v) is 6.10. The lowest BCUT2D eigenvalue weighted by Gasteiger charge is -2.15. The Balaban J connectivity index is 2.19. The van der Waals surface area contributed by atoms with Gasteiger partial charge in [0.25, 0.3) is 0 Å². The topological polar surface area (TPSA) is 41.9 Å². The summed E-state index contributed by atoms with van der Waals surface area (Å²) in [6.45, 7) is 0. The fourth-order valence-electron chi connectivity index (χ4n) is 2.04. The van der Waals surface area contributed by atoms with Crippen LogP contribution < -0.4 is 4.90 Å². The number of rotatable bonds is 2. The number of hydrogen-bond acceptors (Lipinski definition) is 4. The predicted molar refractivity (Wildman–Crippen MR) is 77.1 cm³/mol. The number of pyridine rings is 1. The minimum absolute atomic E-state index is 0.843. The van der Waals surface area contributed by atoms with Crippen molar-refractivity contribution < 1.29 is 0 Å². The second-order valence-electron chi connectivity index (χ2n) is 4.51. The Hall–Kier alpha value is -2.49. The maximum absolute atomic E-state index is 4.66. The van der Waals surface area contributed by atoms with Crippen molar-refractivity contribution in [1.82, 2.24) is 15.0 Å². The molecule has 0 fully saturated rings. The fourth-order valence-corrected chi connectivity index (χ4v) is 2.04. The lowest BCUT2D eigenvalue weighted by molar-refractivity contribution is 1.07. The number of nitrogens with zero attached hydrogens (tertiary/aromatic N) is 4. The highest BCUT2D eigenvalue weighted by Crippen LogP contribution is 2.26. The van der Waals surface area contributed by atoms with E-state index in [4.69, 9.17) is 0 Å². The Bertz CT molecular complexity index is 722. The monoisotopic (exact) mass is 250 g/mol. The van der Waals surface area contributed by atoms with E-state index in [0.717, 1.165) is 28.1 Å². The smallest absolute Gasteiger partial charge is 0.137 e. The molecule has 0 saturated heterocycles. The van der Waals surface area contributed by atoms with E-state index in [1.54, 1.807) is 12.4 Å². The first-order chi connectivity index (χ1) is 9.25. The van der Waals surface area contributed by atoms with Crippen molar-refractivity contribution in [3.63, 3.8) is 0 Å². The molecule has 0 saturated carbocycles. The van der Waals surface area contributed by atoms with Crippen molar-refractivity contribution >= 4 is 16.9 Å². The van der Waals surface area contributed by atoms with E-state index in [2.05, 4.69) is 15.0 Å². The third-order valence-corrected chi connectivity index (χ3v) is 2.93. The summed E-state index contributed by atoms with van der Waals surface area (Å²) in [6, 6.07) is 11.8. The maximum atomic E-state index is 4.66. The van der Waals surface area contributed by atoms with Gasteiger partial charge in [-0.1, -0.05) is 12.1 Å². The summed E-state index contributed by atoms with van der Waals surface area (Å²) in [4.78, 5) is 15.5. The summed E-state index contributed by atoms with van der Waals surface area (Å²) >= 11 is 0. The van der Waals surface area contributed by atoms with Crippen molar-refractivity contribution in [2.75, 3.05) is 19.0 Å². The summed E-state index contributed by atoms with van der Waals surface area (Å²) in [6.07, 6.45) is 3.58. The zero-order valence-electron chi connectivity index (χ0n) is 10.9. The molecule has 4 heteroatoms. The highest BCUT2D eigenvalue weighted by molar-refractivity contribution is 5.79. The van der Waals surface area contributed by atoms with Crippen LogP contribution in [0.15, 0.2) is 48.8 Å². The Labute approximate surface area is 111 Å². The highest BCUT2D eigenvalue weighted by Gasteiger charge is 2.10. The Morgan fingerprint density at radius 2 is 1.68 bits per heavy atom. The molecule has 0 atom stereocenters. The van der Waals surface area contributed by atoms with Gasteiger partial charge >= 0.3 is 0 Å². The second kappa shape index (κ2) is 4.65. The molecule has 4 nitrogen and oxygen atoms in total. The molecule has 0 aliphatic carbocycles. The molecule has 94 valence electrons. The first-order valence-electron chi connectivity index (χ1n) is 6.10. The molecule has 2 aromatic heterocycles. The number of hydrogen-bond donors (Lipinski definition) is 0. The van der Waals surface area contributed by atoms with Gasteiger partial charge in [0.15, 0.2) is 0 Å². The third kappa shape index (κ3) is 2.12. The van der Waals surface area contributed by atoms with E-state index < -0.39 is 0 Å². The first kappa shape index (κ1) is 11.6. The normalized spacial score (nSPS) is 10.6. The molecule has 0 unspecified atom stereocenters. The number of benzene rings is 1. The van der Waals surface area contributed by atoms with Crippen LogP contribution in [-0.2, 0) is 0 Å². The molecule has 2 heterocycles. The quantitative estimate of drug-likeness (QED) is 0.701. The van der Waals surface area contributed by atoms with Gasteiger partial charge in [0.2, 0.25) is 0 Å². The third-order valence-electron chi connectivity index (χ3n) is 2.93. The van der Waals surface area contributed by atoms with Gasteiger partial charge in [-0.3, -0.25) is 4.98 Å². The molecule has 19 heavy (non-hydrogen) atoms. The number of aromatic nitrogens is 3. The van der Waals surface area contributed by atoms with Gasteiger partial charge in [0.05, 0.1) is 22.9 Å². The van der Waals surface area contributed by atoms with Gasteiger partial charge < -0.3 is 4.90 Å². The van der Waals surface area contributed by atoms with Gasteiger partial charge in [-0.05, 0) is 24.3 Å². The number of para-hydroxylation sites is 2. The molecule has 3 rings (SSSR count). The molecule has 0 aliphatic rings. The number of fused-ring (bicyclic) bond motifs is 1. The van der Waals surface area contributed by atoms with E-state index in [9.17, 15) is 0 Å². The van der Waals surface area contributed by atoms with Crippen LogP contribution in [0.4, 0.5) is 5.82 Å². The molecule has 0 amide bonds. The van der Waals surface area contributed by atoms with E-state index in [1.165, 1.54) is 0 Å². The van der Waals surface area contributed by atoms with Crippen LogP contribution in [0.25, 0.3) is 22.3 Å². The largest absolute Gasteiger partial charge is 0.362 e. The minimum atomic E-state index is 0.843. The van der Waals surface area contributed by atoms with Gasteiger partial charge in [0.1, 0.15) is 5.82 Å². The van der Waals surface area contributed by atoms with Crippen molar-refractivity contribution in [2.24, 2.45) is 0 Å². The van der Waals surface area contributed by atoms with Gasteiger partial charge in [-0.15, -0.1) is 0 Å². The summed E-state index contributed by atoms with van der Waals surface area (Å²) in [7, 11) is 3.95. The molecular weight excluding hydrogens is 236 g/mol. The van der Waals surface area contributed by atoms with Crippen LogP contribution in [0.2, 0.25) is 0 Å². The molecule has 3 aromatic rings. The SMILES string of the molecule is CN(C)c1ncccc1-c1cnc2ccccc2n1. The average Bonchev–Trinajstić information content (AvgIpc) is 2.46. The van der Waals surface area contributed by atoms with Crippen LogP contribution in [0.3, 0.4) is 0 Å². The van der Waals surface area contributed by atoms with Crippen LogP contribution in [0.5, 0.6) is 0 Å². The lowest BCUT2D eigenvalue weighted by Crippen LogP contribution is -2.12.